The Morgan fingerprint density at radius 3 is 2.17 bits per heavy atom. The van der Waals surface area contributed by atoms with Crippen LogP contribution >= 0.6 is 20.7 Å². The molecular formula is C37H67N4O5PS. The second-order valence-corrected chi connectivity index (χ2v) is 14.9. The maximum Gasteiger partial charge on any atom is 0.305 e. The molecule has 1 aromatic rings. The number of nitrogens with one attached hydrogen (secondary N) is 1. The summed E-state index contributed by atoms with van der Waals surface area (Å²) in [5.41, 5.74) is 1.83. The summed E-state index contributed by atoms with van der Waals surface area (Å²) < 4.78 is 6.79. The minimum atomic E-state index is -0.115. The fourth-order valence-corrected chi connectivity index (χ4v) is 7.31. The number of rotatable bonds is 25. The summed E-state index contributed by atoms with van der Waals surface area (Å²) >= 11 is 1.59. The van der Waals surface area contributed by atoms with Crippen LogP contribution in [0.15, 0.2) is 0 Å². The molecule has 9 nitrogen and oxygen atoms in total. The number of esters is 1. The fourth-order valence-electron chi connectivity index (χ4n) is 5.53. The van der Waals surface area contributed by atoms with E-state index in [9.17, 15) is 19.2 Å². The second kappa shape index (κ2) is 27.9. The minimum absolute atomic E-state index is 0.0513. The third kappa shape index (κ3) is 19.4. The van der Waals surface area contributed by atoms with E-state index < -0.39 is 0 Å². The van der Waals surface area contributed by atoms with E-state index in [4.69, 9.17) is 4.74 Å². The van der Waals surface area contributed by atoms with E-state index in [0.717, 1.165) is 94.3 Å². The molecule has 1 N–H and O–H groups in total. The number of thiophene rings is 1. The molecule has 2 heterocycles. The molecule has 1 aliphatic rings. The Balaban J connectivity index is 0.000000511. The highest BCUT2D eigenvalue weighted by atomic mass is 32.1. The lowest BCUT2D eigenvalue weighted by molar-refractivity contribution is -0.144. The van der Waals surface area contributed by atoms with Gasteiger partial charge in [-0.05, 0) is 81.2 Å². The highest BCUT2D eigenvalue weighted by Gasteiger charge is 2.30. The van der Waals surface area contributed by atoms with E-state index in [1.54, 1.807) is 16.0 Å². The molecule has 2 amide bonds. The molecule has 0 saturated carbocycles. The van der Waals surface area contributed by atoms with Crippen molar-refractivity contribution < 1.29 is 23.9 Å². The van der Waals surface area contributed by atoms with Gasteiger partial charge in [-0.2, -0.15) is 0 Å². The van der Waals surface area contributed by atoms with Crippen LogP contribution in [0.3, 0.4) is 0 Å². The van der Waals surface area contributed by atoms with Crippen LogP contribution in [-0.4, -0.2) is 81.3 Å². The fraction of sp³-hybridized carbons (Fsp3) is 0.784. The molecule has 0 aliphatic carbocycles. The molecule has 0 radical (unpaired) electrons. The summed E-state index contributed by atoms with van der Waals surface area (Å²) in [6, 6.07) is 0. The largest absolute Gasteiger partial charge is 0.466 e. The molecule has 0 aromatic carbocycles. The van der Waals surface area contributed by atoms with Crippen LogP contribution in [0.2, 0.25) is 0 Å². The number of unbranched alkanes of at least 4 members (excludes halogenated alkanes) is 12. The molecule has 0 saturated heterocycles. The van der Waals surface area contributed by atoms with Crippen molar-refractivity contribution in [3.8, 4) is 0 Å². The van der Waals surface area contributed by atoms with Crippen molar-refractivity contribution in [1.29, 1.82) is 0 Å². The first-order valence-corrected chi connectivity index (χ1v) is 19.9. The van der Waals surface area contributed by atoms with Gasteiger partial charge < -0.3 is 24.6 Å². The molecule has 1 aliphatic heterocycles. The van der Waals surface area contributed by atoms with Crippen LogP contribution in [0.25, 0.3) is 0 Å². The van der Waals surface area contributed by atoms with E-state index in [2.05, 4.69) is 45.4 Å². The molecule has 11 heteroatoms. The average molecular weight is 711 g/mol. The Hall–Kier alpha value is -1.87. The Labute approximate surface area is 298 Å². The Bertz CT molecular complexity index is 1050. The summed E-state index contributed by atoms with van der Waals surface area (Å²) in [6.07, 6.45) is 20.2. The molecule has 276 valence electrons. The number of anilines is 1. The third-order valence-corrected chi connectivity index (χ3v) is 10.4. The highest BCUT2D eigenvalue weighted by Crippen LogP contribution is 2.40. The van der Waals surface area contributed by atoms with Gasteiger partial charge in [0.2, 0.25) is 5.91 Å². The lowest BCUT2D eigenvalue weighted by Gasteiger charge is -2.22. The number of carbonyl (C=O) groups is 4. The van der Waals surface area contributed by atoms with E-state index in [1.165, 1.54) is 49.8 Å². The molecule has 48 heavy (non-hydrogen) atoms. The topological polar surface area (TPSA) is 99.3 Å². The quantitative estimate of drug-likeness (QED) is 0.0476. The van der Waals surface area contributed by atoms with Gasteiger partial charge in [-0.3, -0.25) is 19.1 Å². The van der Waals surface area contributed by atoms with Gasteiger partial charge in [0.25, 0.3) is 5.91 Å². The molecule has 1 unspecified atom stereocenters. The maximum atomic E-state index is 13.0. The first-order chi connectivity index (χ1) is 23.2. The molecule has 1 aromatic heterocycles. The van der Waals surface area contributed by atoms with E-state index in [-0.39, 0.29) is 17.8 Å². The lowest BCUT2D eigenvalue weighted by Crippen LogP contribution is -2.31. The monoisotopic (exact) mass is 710 g/mol. The van der Waals surface area contributed by atoms with Crippen molar-refractivity contribution in [3.05, 3.63) is 16.0 Å². The van der Waals surface area contributed by atoms with Gasteiger partial charge in [0, 0.05) is 43.8 Å². The summed E-state index contributed by atoms with van der Waals surface area (Å²) in [7, 11) is 8.70. The number of amides is 2. The van der Waals surface area contributed by atoms with Crippen LogP contribution in [0.1, 0.15) is 150 Å². The van der Waals surface area contributed by atoms with Crippen molar-refractivity contribution in [2.45, 2.75) is 142 Å². The first kappa shape index (κ1) is 44.2. The van der Waals surface area contributed by atoms with Gasteiger partial charge in [-0.15, -0.1) is 11.3 Å². The van der Waals surface area contributed by atoms with Crippen molar-refractivity contribution >= 4 is 49.8 Å². The van der Waals surface area contributed by atoms with Crippen molar-refractivity contribution in [3.63, 3.8) is 0 Å². The number of hydrogen-bond donors (Lipinski definition) is 1. The Morgan fingerprint density at radius 1 is 0.896 bits per heavy atom. The number of hydrogen-bond acceptors (Lipinski definition) is 8. The third-order valence-electron chi connectivity index (χ3n) is 8.47. The minimum Gasteiger partial charge on any atom is -0.466 e. The molecule has 1 atom stereocenters. The SMILES string of the molecule is CCCCCC(=O)N(P)c1sc2c(c1C(=O)NCCCN(C)C)CCN(C)C2.CCCCCCCCCCCOC(=O)CCCCC=O. The van der Waals surface area contributed by atoms with Gasteiger partial charge in [0.1, 0.15) is 11.3 Å². The number of likely N-dealkylation sites (N-methyl/N-ethyl adjacent to an activating group) is 1. The predicted molar refractivity (Wildman–Crippen MR) is 204 cm³/mol. The second-order valence-electron chi connectivity index (χ2n) is 13.3. The zero-order chi connectivity index (χ0) is 35.6. The van der Waals surface area contributed by atoms with Gasteiger partial charge in [0.05, 0.1) is 12.2 Å². The van der Waals surface area contributed by atoms with Gasteiger partial charge in [0.15, 0.2) is 0 Å². The summed E-state index contributed by atoms with van der Waals surface area (Å²) in [5.74, 6) is -0.104. The number of ether oxygens (including phenoxy) is 1. The number of carbonyl (C=O) groups excluding carboxylic acids is 4. The van der Waals surface area contributed by atoms with Crippen LogP contribution in [0.4, 0.5) is 5.00 Å². The van der Waals surface area contributed by atoms with Gasteiger partial charge in [-0.25, -0.2) is 0 Å². The zero-order valence-electron chi connectivity index (χ0n) is 30.9. The number of fused-ring (bicyclic) bond motifs is 1. The first-order valence-electron chi connectivity index (χ1n) is 18.6. The smallest absolute Gasteiger partial charge is 0.305 e. The summed E-state index contributed by atoms with van der Waals surface area (Å²) in [5, 5.41) is 3.84. The average Bonchev–Trinajstić information content (AvgIpc) is 3.44. The standard InChI is InChI=1S/C20H35N4O2PS.C17H32O3/c1-5-6-7-9-17(25)24(27)20-18(19(26)21-11-8-12-22(2)3)15-10-13-23(4)14-16(15)28-20;1-2-3-4-5-6-7-8-9-13-16-20-17(19)14-11-10-12-15-18/h5-14,27H2,1-4H3,(H,21,26);15H,2-14,16H2,1H3. The zero-order valence-corrected chi connectivity index (χ0v) is 32.9. The van der Waals surface area contributed by atoms with E-state index >= 15 is 0 Å². The van der Waals surface area contributed by atoms with Gasteiger partial charge in [-0.1, -0.05) is 78.1 Å². The molecular weight excluding hydrogens is 643 g/mol. The van der Waals surface area contributed by atoms with Crippen LogP contribution in [0.5, 0.6) is 0 Å². The van der Waals surface area contributed by atoms with E-state index in [1.807, 2.05) is 14.1 Å². The molecule has 0 spiro atoms. The Kier molecular flexibility index (Phi) is 25.7. The normalized spacial score (nSPS) is 12.6. The number of nitrogens with zero attached hydrogens (tertiary/aromatic N) is 3. The van der Waals surface area contributed by atoms with Crippen LogP contribution < -0.4 is 9.99 Å². The summed E-state index contributed by atoms with van der Waals surface area (Å²) in [4.78, 5) is 52.7. The maximum absolute atomic E-state index is 13.0. The summed E-state index contributed by atoms with van der Waals surface area (Å²) in [6.45, 7) is 8.28. The Morgan fingerprint density at radius 2 is 1.52 bits per heavy atom. The predicted octanol–water partition coefficient (Wildman–Crippen LogP) is 7.94. The van der Waals surface area contributed by atoms with Gasteiger partial charge >= 0.3 is 5.97 Å². The van der Waals surface area contributed by atoms with Crippen molar-refractivity contribution in [1.82, 2.24) is 15.1 Å². The lowest BCUT2D eigenvalue weighted by atomic mass is 10.0. The van der Waals surface area contributed by atoms with Crippen molar-refractivity contribution in [2.75, 3.05) is 52.1 Å². The highest BCUT2D eigenvalue weighted by molar-refractivity contribution is 7.26. The molecule has 0 fully saturated rings. The van der Waals surface area contributed by atoms with Crippen LogP contribution in [0, 0.1) is 0 Å². The van der Waals surface area contributed by atoms with Crippen molar-refractivity contribution in [2.24, 2.45) is 0 Å². The van der Waals surface area contributed by atoms with E-state index in [0.29, 0.717) is 38.0 Å². The molecule has 2 rings (SSSR count). The van der Waals surface area contributed by atoms with Crippen LogP contribution in [-0.2, 0) is 32.1 Å². The molecule has 0 bridgehead atoms. The number of aldehydes is 1.